The average molecular weight is 624 g/mol. The van der Waals surface area contributed by atoms with E-state index in [9.17, 15) is 0 Å². The molecule has 0 aromatic rings. The van der Waals surface area contributed by atoms with E-state index in [4.69, 9.17) is 4.99 Å². The molecule has 0 saturated carbocycles. The first-order valence-electron chi connectivity index (χ1n) is 17.6. The predicted molar refractivity (Wildman–Crippen MR) is 199 cm³/mol. The van der Waals surface area contributed by atoms with Crippen LogP contribution >= 0.6 is 0 Å². The molecule has 0 bridgehead atoms. The van der Waals surface area contributed by atoms with Crippen LogP contribution in [0.3, 0.4) is 0 Å². The zero-order valence-electron chi connectivity index (χ0n) is 30.8. The van der Waals surface area contributed by atoms with Crippen molar-refractivity contribution in [3.8, 4) is 11.8 Å². The topological polar surface area (TPSA) is 76.1 Å². The molecule has 0 aliphatic carbocycles. The molecule has 7 heteroatoms. The fraction of sp³-hybridized carbons (Fsp3) is 0.737. The Morgan fingerprint density at radius 2 is 1.89 bits per heavy atom. The Morgan fingerprint density at radius 3 is 2.56 bits per heavy atom. The van der Waals surface area contributed by atoms with E-state index in [0.29, 0.717) is 5.92 Å². The number of nitrogens with zero attached hydrogens (tertiary/aromatic N) is 3. The third kappa shape index (κ3) is 16.6. The molecule has 45 heavy (non-hydrogen) atoms. The van der Waals surface area contributed by atoms with Crippen molar-refractivity contribution in [2.75, 3.05) is 60.9 Å². The third-order valence-electron chi connectivity index (χ3n) is 8.74. The van der Waals surface area contributed by atoms with E-state index < -0.39 is 0 Å². The summed E-state index contributed by atoms with van der Waals surface area (Å²) in [5, 5.41) is 14.1. The molecule has 0 radical (unpaired) electrons. The second kappa shape index (κ2) is 23.0. The van der Waals surface area contributed by atoms with Gasteiger partial charge in [-0.25, -0.2) is 0 Å². The standard InChI is InChI=1S/C38H69N7/c1-11-22-33(4)34(28-32(3)29-42-35(40-8)30-45(10)27-12-2)23-18-14-13-15-19-24-37(5)31-43-36(44-37)38(6,41-9)25-20-16-17-21-26-39-7/h15,18-19,23,28,32-33,39,41H,12-14,16-17,20-21,24-27,29-31H2,1-10H3,(H,40,42)(H,43,44)/b19-15-,23-18-,34-28-. The predicted octanol–water partition coefficient (Wildman–Crippen LogP) is 6.36. The molecule has 4 N–H and O–H groups in total. The van der Waals surface area contributed by atoms with Gasteiger partial charge < -0.3 is 21.3 Å². The number of unbranched alkanes of at least 4 members (excludes halogenated alkanes) is 4. The average Bonchev–Trinajstić information content (AvgIpc) is 3.42. The van der Waals surface area contributed by atoms with E-state index >= 15 is 0 Å². The maximum absolute atomic E-state index is 4.97. The fourth-order valence-electron chi connectivity index (χ4n) is 5.65. The van der Waals surface area contributed by atoms with Gasteiger partial charge in [-0.2, -0.15) is 0 Å². The lowest BCUT2D eigenvalue weighted by atomic mass is 9.91. The molecule has 1 heterocycles. The van der Waals surface area contributed by atoms with E-state index in [-0.39, 0.29) is 17.0 Å². The maximum atomic E-state index is 4.97. The van der Waals surface area contributed by atoms with Crippen LogP contribution in [0.15, 0.2) is 45.9 Å². The second-order valence-electron chi connectivity index (χ2n) is 13.4. The van der Waals surface area contributed by atoms with E-state index in [1.54, 1.807) is 0 Å². The molecule has 4 atom stereocenters. The summed E-state index contributed by atoms with van der Waals surface area (Å²) in [7, 11) is 8.11. The molecule has 0 aromatic heterocycles. The van der Waals surface area contributed by atoms with Gasteiger partial charge in [-0.3, -0.25) is 14.9 Å². The highest BCUT2D eigenvalue weighted by Crippen LogP contribution is 2.24. The number of allylic oxidation sites excluding steroid dienone is 4. The van der Waals surface area contributed by atoms with Crippen molar-refractivity contribution in [3.63, 3.8) is 0 Å². The molecule has 7 nitrogen and oxygen atoms in total. The van der Waals surface area contributed by atoms with Crippen LogP contribution in [0.25, 0.3) is 0 Å². The van der Waals surface area contributed by atoms with Crippen molar-refractivity contribution in [1.82, 2.24) is 26.2 Å². The van der Waals surface area contributed by atoms with Crippen LogP contribution in [0, 0.1) is 23.7 Å². The van der Waals surface area contributed by atoms with E-state index in [2.05, 4.69) is 122 Å². The molecular formula is C38H69N7. The first-order chi connectivity index (χ1) is 21.6. The Kier molecular flexibility index (Phi) is 20.8. The normalized spacial score (nSPS) is 20.2. The van der Waals surface area contributed by atoms with Gasteiger partial charge >= 0.3 is 0 Å². The zero-order valence-corrected chi connectivity index (χ0v) is 30.8. The van der Waals surface area contributed by atoms with Gasteiger partial charge in [0.15, 0.2) is 0 Å². The molecule has 1 rings (SSSR count). The quantitative estimate of drug-likeness (QED) is 0.0266. The molecule has 0 aromatic carbocycles. The second-order valence-corrected chi connectivity index (χ2v) is 13.4. The Labute approximate surface area is 278 Å². The van der Waals surface area contributed by atoms with Crippen LogP contribution in [0.4, 0.5) is 0 Å². The monoisotopic (exact) mass is 624 g/mol. The van der Waals surface area contributed by atoms with Crippen molar-refractivity contribution >= 4 is 11.7 Å². The van der Waals surface area contributed by atoms with Gasteiger partial charge in [-0.05, 0) is 112 Å². The van der Waals surface area contributed by atoms with Crippen molar-refractivity contribution in [3.05, 3.63) is 36.0 Å². The van der Waals surface area contributed by atoms with Gasteiger partial charge in [-0.1, -0.05) is 69.4 Å². The SMILES string of the molecule is CC#CC(C)C(/C=C\CC/C=C\CC1(C)CN=C(C(C)(CCCCCCNC)NC)N1)=C\C(C)CN/C(CN(C)CCC)=N\C. The Bertz CT molecular complexity index is 1030. The number of rotatable bonds is 23. The first kappa shape index (κ1) is 40.6. The molecule has 0 spiro atoms. The van der Waals surface area contributed by atoms with Crippen LogP contribution in [-0.2, 0) is 0 Å². The van der Waals surface area contributed by atoms with Crippen molar-refractivity contribution in [1.29, 1.82) is 0 Å². The Morgan fingerprint density at radius 1 is 1.16 bits per heavy atom. The van der Waals surface area contributed by atoms with E-state index in [0.717, 1.165) is 76.5 Å². The smallest absolute Gasteiger partial charge is 0.117 e. The minimum Gasteiger partial charge on any atom is -0.372 e. The summed E-state index contributed by atoms with van der Waals surface area (Å²) in [5.41, 5.74) is 1.18. The number of hydrogen-bond donors (Lipinski definition) is 4. The summed E-state index contributed by atoms with van der Waals surface area (Å²) < 4.78 is 0. The van der Waals surface area contributed by atoms with Crippen molar-refractivity contribution < 1.29 is 0 Å². The van der Waals surface area contributed by atoms with Crippen LogP contribution in [0.1, 0.15) is 99.3 Å². The minimum atomic E-state index is -0.0927. The highest BCUT2D eigenvalue weighted by atomic mass is 15.2. The lowest BCUT2D eigenvalue weighted by Crippen LogP contribution is -2.56. The highest BCUT2D eigenvalue weighted by molar-refractivity contribution is 5.93. The summed E-state index contributed by atoms with van der Waals surface area (Å²) in [4.78, 5) is 11.7. The number of amidine groups is 2. The van der Waals surface area contributed by atoms with Gasteiger partial charge in [0, 0.05) is 19.5 Å². The summed E-state index contributed by atoms with van der Waals surface area (Å²) in [5.74, 6) is 9.19. The largest absolute Gasteiger partial charge is 0.372 e. The van der Waals surface area contributed by atoms with Crippen LogP contribution < -0.4 is 21.3 Å². The van der Waals surface area contributed by atoms with E-state index in [1.807, 2.05) is 21.0 Å². The van der Waals surface area contributed by atoms with Crippen LogP contribution in [0.5, 0.6) is 0 Å². The molecule has 1 aliphatic heterocycles. The number of hydrogen-bond acceptors (Lipinski definition) is 6. The Hall–Kier alpha value is -2.40. The molecule has 1 aliphatic rings. The van der Waals surface area contributed by atoms with Gasteiger partial charge in [0.2, 0.25) is 0 Å². The van der Waals surface area contributed by atoms with Crippen LogP contribution in [0.2, 0.25) is 0 Å². The first-order valence-corrected chi connectivity index (χ1v) is 17.6. The number of aliphatic imine (C=N–C) groups is 2. The summed E-state index contributed by atoms with van der Waals surface area (Å²) >= 11 is 0. The molecule has 0 saturated heterocycles. The van der Waals surface area contributed by atoms with Gasteiger partial charge in [-0.15, -0.1) is 5.92 Å². The molecule has 0 fully saturated rings. The number of nitrogens with one attached hydrogen (secondary N) is 4. The lowest BCUT2D eigenvalue weighted by Gasteiger charge is -2.33. The van der Waals surface area contributed by atoms with Gasteiger partial charge in [0.1, 0.15) is 11.7 Å². The fourth-order valence-corrected chi connectivity index (χ4v) is 5.65. The third-order valence-corrected chi connectivity index (χ3v) is 8.74. The molecule has 4 unspecified atom stereocenters. The number of likely N-dealkylation sites (N-methyl/N-ethyl adjacent to an activating group) is 2. The zero-order chi connectivity index (χ0) is 33.6. The maximum Gasteiger partial charge on any atom is 0.117 e. The van der Waals surface area contributed by atoms with Crippen LogP contribution in [-0.4, -0.2) is 88.6 Å². The van der Waals surface area contributed by atoms with E-state index in [1.165, 1.54) is 31.3 Å². The summed E-state index contributed by atoms with van der Waals surface area (Å²) in [6, 6.07) is 0. The molecular weight excluding hydrogens is 554 g/mol. The highest BCUT2D eigenvalue weighted by Gasteiger charge is 2.37. The summed E-state index contributed by atoms with van der Waals surface area (Å²) in [6.07, 6.45) is 21.9. The molecule has 256 valence electrons. The minimum absolute atomic E-state index is 0.0192. The lowest BCUT2D eigenvalue weighted by molar-refractivity contribution is 0.377. The van der Waals surface area contributed by atoms with Gasteiger partial charge in [0.05, 0.1) is 24.2 Å². The summed E-state index contributed by atoms with van der Waals surface area (Å²) in [6.45, 7) is 17.9. The van der Waals surface area contributed by atoms with Crippen molar-refractivity contribution in [2.45, 2.75) is 110 Å². The van der Waals surface area contributed by atoms with Gasteiger partial charge in [0.25, 0.3) is 0 Å². The Balaban J connectivity index is 2.59. The van der Waals surface area contributed by atoms with Crippen molar-refractivity contribution in [2.24, 2.45) is 21.8 Å². The molecule has 0 amide bonds.